The van der Waals surface area contributed by atoms with Gasteiger partial charge in [-0.1, -0.05) is 13.0 Å². The van der Waals surface area contributed by atoms with Crippen molar-refractivity contribution in [2.24, 2.45) is 10.1 Å². The van der Waals surface area contributed by atoms with Crippen LogP contribution in [0.2, 0.25) is 0 Å². The topological polar surface area (TPSA) is 125 Å². The van der Waals surface area contributed by atoms with Crippen LogP contribution in [-0.4, -0.2) is 31.9 Å². The first-order chi connectivity index (χ1) is 14.4. The largest absolute Gasteiger partial charge is 0.457 e. The first kappa shape index (κ1) is 19.8. The number of aryl methyl sites for hydroxylation is 1. The summed E-state index contributed by atoms with van der Waals surface area (Å²) in [7, 11) is 0. The maximum Gasteiger partial charge on any atom is 0.283 e. The van der Waals surface area contributed by atoms with Crippen LogP contribution in [0.3, 0.4) is 0 Å². The number of nitrogens with zero attached hydrogens (tertiary/aromatic N) is 4. The number of hydrogen-bond acceptors (Lipinski definition) is 7. The van der Waals surface area contributed by atoms with Crippen molar-refractivity contribution in [2.75, 3.05) is 0 Å². The summed E-state index contributed by atoms with van der Waals surface area (Å²) in [5, 5.41) is 26.4. The number of aliphatic imine (C=N–C) groups is 1. The normalized spacial score (nSPS) is 17.3. The van der Waals surface area contributed by atoms with Gasteiger partial charge in [-0.25, -0.2) is 0 Å². The summed E-state index contributed by atoms with van der Waals surface area (Å²) in [5.41, 5.74) is 1.43. The van der Waals surface area contributed by atoms with Gasteiger partial charge in [-0.05, 0) is 55.3 Å². The van der Waals surface area contributed by atoms with E-state index in [1.165, 1.54) is 35.0 Å². The Morgan fingerprint density at radius 3 is 2.87 bits per heavy atom. The standard InChI is InChI=1S/C20H17N5O4S/c1-3-4-17-23-24-18(21)15(19(26)22-20(24)30-17)10-13-7-8-16(29-13)14-9-12(25(27)28)6-5-11(14)2/h5-10,21H,3-4H2,1-2H3/b15-10-,21-18?. The van der Waals surface area contributed by atoms with Crippen LogP contribution in [0.25, 0.3) is 17.4 Å². The minimum Gasteiger partial charge on any atom is -0.457 e. The monoisotopic (exact) mass is 423 g/mol. The highest BCUT2D eigenvalue weighted by molar-refractivity contribution is 8.26. The first-order valence-corrected chi connectivity index (χ1v) is 10.0. The zero-order chi connectivity index (χ0) is 21.4. The second-order valence-electron chi connectivity index (χ2n) is 6.72. The lowest BCUT2D eigenvalue weighted by atomic mass is 10.1. The van der Waals surface area contributed by atoms with Gasteiger partial charge in [0, 0.05) is 17.7 Å². The van der Waals surface area contributed by atoms with E-state index < -0.39 is 10.8 Å². The van der Waals surface area contributed by atoms with Gasteiger partial charge in [0.25, 0.3) is 11.6 Å². The molecule has 0 aliphatic carbocycles. The third-order valence-corrected chi connectivity index (χ3v) is 5.54. The number of rotatable bonds is 5. The van der Waals surface area contributed by atoms with Gasteiger partial charge in [-0.15, -0.1) is 0 Å². The van der Waals surface area contributed by atoms with Gasteiger partial charge >= 0.3 is 0 Å². The highest BCUT2D eigenvalue weighted by atomic mass is 32.2. The van der Waals surface area contributed by atoms with Gasteiger partial charge in [0.1, 0.15) is 16.6 Å². The third-order valence-electron chi connectivity index (χ3n) is 4.57. The fraction of sp³-hybridized carbons (Fsp3) is 0.200. The Balaban J connectivity index is 1.65. The molecule has 0 fully saturated rings. The molecular weight excluding hydrogens is 406 g/mol. The number of amidine groups is 2. The number of hydrogen-bond donors (Lipinski definition) is 1. The van der Waals surface area contributed by atoms with E-state index in [1.807, 2.05) is 13.8 Å². The average molecular weight is 423 g/mol. The van der Waals surface area contributed by atoms with Crippen molar-refractivity contribution in [1.29, 1.82) is 5.41 Å². The maximum atomic E-state index is 12.5. The van der Waals surface area contributed by atoms with Crippen LogP contribution in [0.1, 0.15) is 31.1 Å². The van der Waals surface area contributed by atoms with Crippen LogP contribution in [0, 0.1) is 22.4 Å². The molecule has 1 N–H and O–H groups in total. The van der Waals surface area contributed by atoms with E-state index in [-0.39, 0.29) is 17.1 Å². The zero-order valence-corrected chi connectivity index (χ0v) is 17.0. The number of furan rings is 1. The van der Waals surface area contributed by atoms with Gasteiger partial charge in [0.05, 0.1) is 10.5 Å². The third kappa shape index (κ3) is 3.57. The van der Waals surface area contributed by atoms with Crippen LogP contribution < -0.4 is 0 Å². The fourth-order valence-electron chi connectivity index (χ4n) is 3.05. The van der Waals surface area contributed by atoms with Gasteiger partial charge in [0.2, 0.25) is 5.17 Å². The maximum absolute atomic E-state index is 12.5. The molecule has 10 heteroatoms. The number of nitro groups is 1. The Bertz CT molecular complexity index is 1180. The molecule has 0 radical (unpaired) electrons. The van der Waals surface area contributed by atoms with Gasteiger partial charge < -0.3 is 4.42 Å². The molecule has 152 valence electrons. The smallest absolute Gasteiger partial charge is 0.283 e. The molecule has 3 heterocycles. The van der Waals surface area contributed by atoms with Crippen molar-refractivity contribution >= 4 is 45.5 Å². The van der Waals surface area contributed by atoms with Crippen LogP contribution in [-0.2, 0) is 4.79 Å². The molecule has 9 nitrogen and oxygen atoms in total. The Kier molecular flexibility index (Phi) is 5.08. The molecule has 1 amide bonds. The molecule has 0 saturated carbocycles. The summed E-state index contributed by atoms with van der Waals surface area (Å²) in [6.45, 7) is 3.86. The number of non-ortho nitro benzene ring substituents is 1. The summed E-state index contributed by atoms with van der Waals surface area (Å²) in [5.74, 6) is 0.179. The van der Waals surface area contributed by atoms with Crippen molar-refractivity contribution in [3.8, 4) is 11.3 Å². The van der Waals surface area contributed by atoms with E-state index in [4.69, 9.17) is 9.83 Å². The average Bonchev–Trinajstić information content (AvgIpc) is 3.32. The van der Waals surface area contributed by atoms with Crippen molar-refractivity contribution in [2.45, 2.75) is 26.7 Å². The number of benzene rings is 1. The zero-order valence-electron chi connectivity index (χ0n) is 16.2. The molecule has 30 heavy (non-hydrogen) atoms. The Hall–Kier alpha value is -3.53. The number of carbonyl (C=O) groups excluding carboxylic acids is 1. The van der Waals surface area contributed by atoms with Gasteiger partial charge in [-0.3, -0.25) is 20.3 Å². The van der Waals surface area contributed by atoms with Gasteiger partial charge in [-0.2, -0.15) is 15.1 Å². The fourth-order valence-corrected chi connectivity index (χ4v) is 4.04. The number of carbonyl (C=O) groups is 1. The Labute approximate surface area is 175 Å². The second-order valence-corrected chi connectivity index (χ2v) is 7.76. The number of nitrogens with one attached hydrogen (secondary N) is 1. The summed E-state index contributed by atoms with van der Waals surface area (Å²) in [6, 6.07) is 7.85. The minimum atomic E-state index is -0.531. The number of hydrazone groups is 1. The Morgan fingerprint density at radius 2 is 2.13 bits per heavy atom. The number of thioether (sulfide) groups is 1. The van der Waals surface area contributed by atoms with E-state index in [0.717, 1.165) is 23.4 Å². The number of fused-ring (bicyclic) bond motifs is 1. The van der Waals surface area contributed by atoms with E-state index >= 15 is 0 Å². The van der Waals surface area contributed by atoms with Crippen LogP contribution in [0.15, 0.2) is 50.4 Å². The molecular formula is C20H17N5O4S. The van der Waals surface area contributed by atoms with Crippen LogP contribution in [0.5, 0.6) is 0 Å². The lowest BCUT2D eigenvalue weighted by Gasteiger charge is -2.19. The van der Waals surface area contributed by atoms with Crippen LogP contribution in [0.4, 0.5) is 5.69 Å². The molecule has 2 aromatic rings. The summed E-state index contributed by atoms with van der Waals surface area (Å²) < 4.78 is 5.80. The molecule has 2 aliphatic heterocycles. The predicted octanol–water partition coefficient (Wildman–Crippen LogP) is 4.58. The summed E-state index contributed by atoms with van der Waals surface area (Å²) in [4.78, 5) is 27.1. The van der Waals surface area contributed by atoms with Crippen molar-refractivity contribution in [3.05, 3.63) is 57.3 Å². The first-order valence-electron chi connectivity index (χ1n) is 9.21. The predicted molar refractivity (Wildman–Crippen MR) is 115 cm³/mol. The molecule has 2 aliphatic rings. The summed E-state index contributed by atoms with van der Waals surface area (Å²) >= 11 is 1.30. The Morgan fingerprint density at radius 1 is 1.33 bits per heavy atom. The SMILES string of the molecule is CCCC1=NN2C(=N)/C(=C/c3ccc(-c4cc([N+](=O)[O-])ccc4C)o3)C(=O)N=C2S1. The van der Waals surface area contributed by atoms with Gasteiger partial charge in [0.15, 0.2) is 5.84 Å². The van der Waals surface area contributed by atoms with E-state index in [2.05, 4.69) is 10.1 Å². The van der Waals surface area contributed by atoms with Crippen molar-refractivity contribution in [1.82, 2.24) is 5.01 Å². The molecule has 4 rings (SSSR count). The number of nitro benzene ring substituents is 1. The number of amides is 1. The quantitative estimate of drug-likeness (QED) is 0.426. The molecule has 0 bridgehead atoms. The second kappa shape index (κ2) is 7.71. The van der Waals surface area contributed by atoms with Crippen molar-refractivity contribution < 1.29 is 14.1 Å². The van der Waals surface area contributed by atoms with Crippen LogP contribution >= 0.6 is 11.8 Å². The highest BCUT2D eigenvalue weighted by Gasteiger charge is 2.35. The van der Waals surface area contributed by atoms with Crippen molar-refractivity contribution in [3.63, 3.8) is 0 Å². The lowest BCUT2D eigenvalue weighted by molar-refractivity contribution is -0.384. The molecule has 0 atom stereocenters. The molecule has 0 spiro atoms. The van der Waals surface area contributed by atoms with E-state index in [9.17, 15) is 14.9 Å². The minimum absolute atomic E-state index is 0.0368. The lowest BCUT2D eigenvalue weighted by Crippen LogP contribution is -2.35. The van der Waals surface area contributed by atoms with E-state index in [1.54, 1.807) is 18.2 Å². The molecule has 1 aromatic carbocycles. The summed E-state index contributed by atoms with van der Waals surface area (Å²) in [6.07, 6.45) is 3.10. The van der Waals surface area contributed by atoms with E-state index in [0.29, 0.717) is 22.3 Å². The molecule has 0 saturated heterocycles. The molecule has 0 unspecified atom stereocenters. The highest BCUT2D eigenvalue weighted by Crippen LogP contribution is 2.32. The molecule has 1 aromatic heterocycles.